The molecule has 0 saturated heterocycles. The summed E-state index contributed by atoms with van der Waals surface area (Å²) in [4.78, 5) is 26.6. The van der Waals surface area contributed by atoms with Crippen LogP contribution >= 0.6 is 0 Å². The first-order chi connectivity index (χ1) is 11.1. The van der Waals surface area contributed by atoms with Crippen LogP contribution in [0.25, 0.3) is 0 Å². The number of hydrogen-bond acceptors (Lipinski definition) is 3. The monoisotopic (exact) mass is 318 g/mol. The van der Waals surface area contributed by atoms with Crippen LogP contribution in [0, 0.1) is 5.92 Å². The van der Waals surface area contributed by atoms with Crippen molar-refractivity contribution < 1.29 is 14.0 Å². The number of amides is 2. The molecule has 2 saturated carbocycles. The average Bonchev–Trinajstić information content (AvgIpc) is 3.21. The normalized spacial score (nSPS) is 24.2. The highest BCUT2D eigenvalue weighted by Crippen LogP contribution is 2.35. The van der Waals surface area contributed by atoms with E-state index in [1.165, 1.54) is 19.1 Å². The molecule has 0 radical (unpaired) electrons. The summed E-state index contributed by atoms with van der Waals surface area (Å²) >= 11 is 0. The van der Waals surface area contributed by atoms with Gasteiger partial charge in [-0.15, -0.1) is 0 Å². The predicted molar refractivity (Wildman–Crippen MR) is 86.9 cm³/mol. The van der Waals surface area contributed by atoms with Crippen LogP contribution in [0.15, 0.2) is 22.8 Å². The molecule has 2 fully saturated rings. The Hall–Kier alpha value is -1.78. The van der Waals surface area contributed by atoms with Gasteiger partial charge in [-0.3, -0.25) is 9.59 Å². The van der Waals surface area contributed by atoms with Gasteiger partial charge in [0.2, 0.25) is 5.91 Å². The van der Waals surface area contributed by atoms with E-state index in [1.54, 1.807) is 12.1 Å². The van der Waals surface area contributed by atoms with Gasteiger partial charge >= 0.3 is 0 Å². The molecule has 0 bridgehead atoms. The third-order valence-electron chi connectivity index (χ3n) is 4.98. The van der Waals surface area contributed by atoms with Gasteiger partial charge in [0, 0.05) is 25.0 Å². The molecule has 126 valence electrons. The van der Waals surface area contributed by atoms with Crippen LogP contribution in [0.4, 0.5) is 0 Å². The van der Waals surface area contributed by atoms with Crippen LogP contribution < -0.4 is 5.32 Å². The molecule has 0 unspecified atom stereocenters. The van der Waals surface area contributed by atoms with E-state index in [1.807, 2.05) is 0 Å². The summed E-state index contributed by atoms with van der Waals surface area (Å²) in [6.45, 7) is 2.66. The molecule has 2 aliphatic carbocycles. The van der Waals surface area contributed by atoms with Crippen molar-refractivity contribution in [3.05, 3.63) is 24.2 Å². The summed E-state index contributed by atoms with van der Waals surface area (Å²) in [6, 6.07) is 4.16. The lowest BCUT2D eigenvalue weighted by Crippen LogP contribution is -2.44. The van der Waals surface area contributed by atoms with Gasteiger partial charge in [0.25, 0.3) is 5.91 Å². The first-order valence-corrected chi connectivity index (χ1v) is 8.78. The standard InChI is InChI=1S/C18H26N2O3/c1-13-4-6-14(7-5-13)20(15-8-9-15)17(21)10-11-19-18(22)16-3-2-12-23-16/h2-3,12-15H,4-11H2,1H3,(H,19,22). The first-order valence-electron chi connectivity index (χ1n) is 8.78. The van der Waals surface area contributed by atoms with Crippen LogP contribution in [-0.4, -0.2) is 35.3 Å². The van der Waals surface area contributed by atoms with Crippen LogP contribution in [0.1, 0.15) is 62.4 Å². The van der Waals surface area contributed by atoms with E-state index >= 15 is 0 Å². The molecule has 3 rings (SSSR count). The maximum absolute atomic E-state index is 12.6. The molecule has 0 aromatic carbocycles. The molecule has 1 heterocycles. The number of nitrogens with one attached hydrogen (secondary N) is 1. The molecule has 0 spiro atoms. The summed E-state index contributed by atoms with van der Waals surface area (Å²) < 4.78 is 5.05. The minimum absolute atomic E-state index is 0.187. The summed E-state index contributed by atoms with van der Waals surface area (Å²) in [7, 11) is 0. The van der Waals surface area contributed by atoms with E-state index in [2.05, 4.69) is 17.1 Å². The molecule has 23 heavy (non-hydrogen) atoms. The van der Waals surface area contributed by atoms with Crippen molar-refractivity contribution >= 4 is 11.8 Å². The minimum atomic E-state index is -0.257. The number of carbonyl (C=O) groups excluding carboxylic acids is 2. The van der Waals surface area contributed by atoms with Crippen molar-refractivity contribution in [1.82, 2.24) is 10.2 Å². The number of carbonyl (C=O) groups is 2. The second-order valence-corrected chi connectivity index (χ2v) is 6.93. The zero-order valence-electron chi connectivity index (χ0n) is 13.8. The summed E-state index contributed by atoms with van der Waals surface area (Å²) in [5.41, 5.74) is 0. The van der Waals surface area contributed by atoms with Gasteiger partial charge in [-0.1, -0.05) is 6.92 Å². The van der Waals surface area contributed by atoms with Crippen molar-refractivity contribution in [2.75, 3.05) is 6.54 Å². The molecule has 0 atom stereocenters. The Labute approximate surface area is 137 Å². The summed E-state index contributed by atoms with van der Waals surface area (Å²) in [5.74, 6) is 1.01. The van der Waals surface area contributed by atoms with Crippen LogP contribution in [0.3, 0.4) is 0 Å². The fraction of sp³-hybridized carbons (Fsp3) is 0.667. The van der Waals surface area contributed by atoms with Gasteiger partial charge in [0.05, 0.1) is 6.26 Å². The van der Waals surface area contributed by atoms with Gasteiger partial charge in [0.15, 0.2) is 5.76 Å². The number of rotatable bonds is 6. The molecular formula is C18H26N2O3. The quantitative estimate of drug-likeness (QED) is 0.877. The molecule has 1 N–H and O–H groups in total. The predicted octanol–water partition coefficient (Wildman–Crippen LogP) is 2.97. The Morgan fingerprint density at radius 3 is 2.39 bits per heavy atom. The lowest BCUT2D eigenvalue weighted by atomic mass is 9.86. The fourth-order valence-corrected chi connectivity index (χ4v) is 3.49. The van der Waals surface area contributed by atoms with Gasteiger partial charge in [-0.2, -0.15) is 0 Å². The first kappa shape index (κ1) is 16.1. The lowest BCUT2D eigenvalue weighted by molar-refractivity contribution is -0.135. The van der Waals surface area contributed by atoms with Gasteiger partial charge in [-0.25, -0.2) is 0 Å². The van der Waals surface area contributed by atoms with Crippen molar-refractivity contribution in [1.29, 1.82) is 0 Å². The van der Waals surface area contributed by atoms with Crippen molar-refractivity contribution in [2.45, 2.75) is 64.0 Å². The highest BCUT2D eigenvalue weighted by molar-refractivity contribution is 5.91. The molecular weight excluding hydrogens is 292 g/mol. The third-order valence-corrected chi connectivity index (χ3v) is 4.98. The molecule has 0 aliphatic heterocycles. The number of furan rings is 1. The second-order valence-electron chi connectivity index (χ2n) is 6.93. The van der Waals surface area contributed by atoms with Crippen LogP contribution in [-0.2, 0) is 4.79 Å². The Kier molecular flexibility index (Phi) is 5.03. The molecule has 2 aliphatic rings. The molecule has 1 aromatic heterocycles. The van der Waals surface area contributed by atoms with E-state index in [9.17, 15) is 9.59 Å². The number of nitrogens with zero attached hydrogens (tertiary/aromatic N) is 1. The van der Waals surface area contributed by atoms with Crippen LogP contribution in [0.2, 0.25) is 0 Å². The third kappa shape index (κ3) is 4.15. The molecule has 1 aromatic rings. The Bertz CT molecular complexity index is 528. The van der Waals surface area contributed by atoms with E-state index < -0.39 is 0 Å². The molecule has 5 nitrogen and oxygen atoms in total. The van der Waals surface area contributed by atoms with E-state index in [-0.39, 0.29) is 17.6 Å². The Morgan fingerprint density at radius 2 is 1.83 bits per heavy atom. The summed E-state index contributed by atoms with van der Waals surface area (Å²) in [5, 5.41) is 2.76. The Balaban J connectivity index is 1.48. The zero-order chi connectivity index (χ0) is 16.2. The van der Waals surface area contributed by atoms with E-state index in [4.69, 9.17) is 4.42 Å². The smallest absolute Gasteiger partial charge is 0.286 e. The van der Waals surface area contributed by atoms with Gasteiger partial charge in [0.1, 0.15) is 0 Å². The SMILES string of the molecule is CC1CCC(N(C(=O)CCNC(=O)c2ccco2)C2CC2)CC1. The Morgan fingerprint density at radius 1 is 1.17 bits per heavy atom. The second kappa shape index (κ2) is 7.20. The summed E-state index contributed by atoms with van der Waals surface area (Å²) in [6.07, 6.45) is 8.80. The number of hydrogen-bond donors (Lipinski definition) is 1. The lowest BCUT2D eigenvalue weighted by Gasteiger charge is -2.36. The fourth-order valence-electron chi connectivity index (χ4n) is 3.49. The highest BCUT2D eigenvalue weighted by Gasteiger charge is 2.37. The van der Waals surface area contributed by atoms with E-state index in [0.717, 1.165) is 31.6 Å². The van der Waals surface area contributed by atoms with Crippen molar-refractivity contribution in [2.24, 2.45) is 5.92 Å². The highest BCUT2D eigenvalue weighted by atomic mass is 16.3. The van der Waals surface area contributed by atoms with Crippen LogP contribution in [0.5, 0.6) is 0 Å². The zero-order valence-corrected chi connectivity index (χ0v) is 13.8. The van der Waals surface area contributed by atoms with Gasteiger partial charge < -0.3 is 14.6 Å². The van der Waals surface area contributed by atoms with Crippen molar-refractivity contribution in [3.8, 4) is 0 Å². The minimum Gasteiger partial charge on any atom is -0.459 e. The van der Waals surface area contributed by atoms with Gasteiger partial charge in [-0.05, 0) is 56.6 Å². The molecule has 2 amide bonds. The maximum Gasteiger partial charge on any atom is 0.286 e. The van der Waals surface area contributed by atoms with E-state index in [0.29, 0.717) is 25.0 Å². The maximum atomic E-state index is 12.6. The topological polar surface area (TPSA) is 62.6 Å². The van der Waals surface area contributed by atoms with Crippen molar-refractivity contribution in [3.63, 3.8) is 0 Å². The largest absolute Gasteiger partial charge is 0.459 e. The molecule has 5 heteroatoms. The average molecular weight is 318 g/mol.